The van der Waals surface area contributed by atoms with E-state index in [4.69, 9.17) is 9.47 Å². The maximum atomic E-state index is 14.1. The molecular formula is C36H43FN3O6+. The van der Waals surface area contributed by atoms with E-state index in [-0.39, 0.29) is 37.7 Å². The van der Waals surface area contributed by atoms with Gasteiger partial charge in [-0.25, -0.2) is 9.18 Å². The lowest BCUT2D eigenvalue weighted by Crippen LogP contribution is -2.63. The minimum Gasteiger partial charge on any atom is -0.484 e. The summed E-state index contributed by atoms with van der Waals surface area (Å²) in [5, 5.41) is 2.87. The summed E-state index contributed by atoms with van der Waals surface area (Å²) in [5.74, 6) is -1.06. The second-order valence-electron chi connectivity index (χ2n) is 12.9. The average molecular weight is 633 g/mol. The Hall–Kier alpha value is -4.41. The molecule has 0 spiro atoms. The van der Waals surface area contributed by atoms with Crippen molar-refractivity contribution in [1.82, 2.24) is 10.2 Å². The summed E-state index contributed by atoms with van der Waals surface area (Å²) in [7, 11) is 1.63. The first kappa shape index (κ1) is 34.5. The van der Waals surface area contributed by atoms with E-state index in [9.17, 15) is 23.6 Å². The fourth-order valence-electron chi connectivity index (χ4n) is 5.69. The van der Waals surface area contributed by atoms with Crippen molar-refractivity contribution in [2.45, 2.75) is 64.3 Å². The van der Waals surface area contributed by atoms with Crippen LogP contribution in [0.3, 0.4) is 0 Å². The lowest BCUT2D eigenvalue weighted by molar-refractivity contribution is -0.795. The number of Topliss-reactive ketones (excluding diaryl/α,β-unsaturated/α-hetero) is 1. The molecule has 244 valence electrons. The summed E-state index contributed by atoms with van der Waals surface area (Å²) in [6, 6.07) is 22.3. The number of carbonyl (C=O) groups is 4. The number of hydrogen-bond acceptors (Lipinski definition) is 7. The SMILES string of the molecule is CC1C[C@H](Oc2ccc(F)cc2)C[N+]1(C(=O)CN(C)CC(=O)C(Cc1ccccc1)NC(=O)c1ccccc1)C(=O)OC(C)(C)C. The summed E-state index contributed by atoms with van der Waals surface area (Å²) in [6.45, 7) is 6.68. The van der Waals surface area contributed by atoms with E-state index in [0.29, 0.717) is 17.7 Å². The van der Waals surface area contributed by atoms with Crippen LogP contribution in [0.25, 0.3) is 0 Å². The third-order valence-corrected chi connectivity index (χ3v) is 7.97. The van der Waals surface area contributed by atoms with Gasteiger partial charge in [0.25, 0.3) is 5.91 Å². The Balaban J connectivity index is 1.50. The van der Waals surface area contributed by atoms with Crippen LogP contribution in [-0.4, -0.2) is 83.5 Å². The number of ketones is 1. The van der Waals surface area contributed by atoms with Crippen LogP contribution in [0.4, 0.5) is 9.18 Å². The molecule has 0 radical (unpaired) electrons. The van der Waals surface area contributed by atoms with E-state index in [2.05, 4.69) is 5.32 Å². The highest BCUT2D eigenvalue weighted by molar-refractivity contribution is 5.98. The summed E-state index contributed by atoms with van der Waals surface area (Å²) < 4.78 is 24.7. The highest BCUT2D eigenvalue weighted by Gasteiger charge is 2.59. The first-order chi connectivity index (χ1) is 21.8. The van der Waals surface area contributed by atoms with Crippen molar-refractivity contribution in [3.63, 3.8) is 0 Å². The highest BCUT2D eigenvalue weighted by atomic mass is 19.1. The molecule has 1 aliphatic rings. The Morgan fingerprint density at radius 3 is 2.15 bits per heavy atom. The molecule has 0 aromatic heterocycles. The second-order valence-corrected chi connectivity index (χ2v) is 12.9. The van der Waals surface area contributed by atoms with Crippen LogP contribution >= 0.6 is 0 Å². The number of carbonyl (C=O) groups excluding carboxylic acids is 4. The smallest absolute Gasteiger partial charge is 0.484 e. The van der Waals surface area contributed by atoms with Crippen LogP contribution in [0, 0.1) is 5.82 Å². The molecule has 1 aliphatic heterocycles. The molecule has 1 fully saturated rings. The quantitative estimate of drug-likeness (QED) is 0.291. The van der Waals surface area contributed by atoms with E-state index in [1.54, 1.807) is 70.0 Å². The zero-order valence-corrected chi connectivity index (χ0v) is 27.1. The molecule has 46 heavy (non-hydrogen) atoms. The van der Waals surface area contributed by atoms with Crippen LogP contribution in [0.2, 0.25) is 0 Å². The third kappa shape index (κ3) is 8.86. The second kappa shape index (κ2) is 14.8. The van der Waals surface area contributed by atoms with Crippen molar-refractivity contribution in [3.05, 3.63) is 102 Å². The Labute approximate surface area is 269 Å². The fourth-order valence-corrected chi connectivity index (χ4v) is 5.69. The predicted molar refractivity (Wildman–Crippen MR) is 172 cm³/mol. The van der Waals surface area contributed by atoms with Gasteiger partial charge in [-0.15, -0.1) is 0 Å². The summed E-state index contributed by atoms with van der Waals surface area (Å²) in [4.78, 5) is 56.1. The van der Waals surface area contributed by atoms with Gasteiger partial charge in [0.05, 0.1) is 12.6 Å². The minimum atomic E-state index is -0.846. The van der Waals surface area contributed by atoms with Gasteiger partial charge in [-0.2, -0.15) is 9.28 Å². The molecule has 1 saturated heterocycles. The lowest BCUT2D eigenvalue weighted by atomic mass is 10.0. The number of halogens is 1. The van der Waals surface area contributed by atoms with E-state index < -0.39 is 46.1 Å². The molecule has 1 heterocycles. The normalized spacial score (nSPS) is 20.2. The number of ether oxygens (including phenoxy) is 2. The Kier molecular flexibility index (Phi) is 11.1. The maximum absolute atomic E-state index is 14.1. The van der Waals surface area contributed by atoms with Gasteiger partial charge in [0.1, 0.15) is 36.3 Å². The van der Waals surface area contributed by atoms with Crippen LogP contribution in [0.15, 0.2) is 84.9 Å². The number of benzene rings is 3. The molecule has 0 saturated carbocycles. The first-order valence-corrected chi connectivity index (χ1v) is 15.4. The summed E-state index contributed by atoms with van der Waals surface area (Å²) in [5.41, 5.74) is 0.462. The molecule has 1 N–H and O–H groups in total. The molecule has 3 aromatic carbocycles. The number of rotatable bonds is 11. The molecule has 0 aliphatic carbocycles. The van der Waals surface area contributed by atoms with Gasteiger partial charge in [-0.05, 0) is 83.1 Å². The van der Waals surface area contributed by atoms with Crippen molar-refractivity contribution >= 4 is 23.7 Å². The van der Waals surface area contributed by atoms with Crippen molar-refractivity contribution in [2.75, 3.05) is 26.7 Å². The van der Waals surface area contributed by atoms with E-state index in [1.807, 2.05) is 30.3 Å². The Morgan fingerprint density at radius 1 is 0.935 bits per heavy atom. The van der Waals surface area contributed by atoms with Gasteiger partial charge in [0, 0.05) is 12.0 Å². The molecule has 3 amide bonds. The fraction of sp³-hybridized carbons (Fsp3) is 0.389. The first-order valence-electron chi connectivity index (χ1n) is 15.4. The van der Waals surface area contributed by atoms with Gasteiger partial charge in [-0.1, -0.05) is 48.5 Å². The van der Waals surface area contributed by atoms with Gasteiger partial charge in [0.2, 0.25) is 0 Å². The van der Waals surface area contributed by atoms with Crippen LogP contribution in [-0.2, 0) is 20.7 Å². The molecule has 0 bridgehead atoms. The number of likely N-dealkylation sites (N-methyl/N-ethyl adjacent to an activating group) is 1. The molecule has 10 heteroatoms. The molecule has 3 aromatic rings. The van der Waals surface area contributed by atoms with E-state index >= 15 is 0 Å². The minimum absolute atomic E-state index is 0.0256. The number of likely N-dealkylation sites (tertiary alicyclic amines) is 1. The van der Waals surface area contributed by atoms with Crippen LogP contribution < -0.4 is 10.1 Å². The van der Waals surface area contributed by atoms with Crippen LogP contribution in [0.1, 0.15) is 50.0 Å². The topological polar surface area (TPSA) is 102 Å². The molecule has 4 rings (SSSR count). The summed E-state index contributed by atoms with van der Waals surface area (Å²) >= 11 is 0. The van der Waals surface area contributed by atoms with Crippen molar-refractivity contribution in [2.24, 2.45) is 0 Å². The number of nitrogens with zero attached hydrogens (tertiary/aromatic N) is 2. The number of imide groups is 1. The number of nitrogens with one attached hydrogen (secondary N) is 1. The number of amides is 3. The maximum Gasteiger partial charge on any atom is 0.524 e. The largest absolute Gasteiger partial charge is 0.524 e. The third-order valence-electron chi connectivity index (χ3n) is 7.97. The Morgan fingerprint density at radius 2 is 1.54 bits per heavy atom. The molecule has 3 unspecified atom stereocenters. The molecule has 9 nitrogen and oxygen atoms in total. The van der Waals surface area contributed by atoms with Gasteiger partial charge in [0.15, 0.2) is 11.9 Å². The van der Waals surface area contributed by atoms with Crippen molar-refractivity contribution in [3.8, 4) is 5.75 Å². The van der Waals surface area contributed by atoms with Crippen molar-refractivity contribution < 1.29 is 37.5 Å². The van der Waals surface area contributed by atoms with E-state index in [0.717, 1.165) is 5.56 Å². The molecule has 4 atom stereocenters. The zero-order chi connectivity index (χ0) is 33.5. The monoisotopic (exact) mass is 632 g/mol. The van der Waals surface area contributed by atoms with E-state index in [1.165, 1.54) is 24.3 Å². The standard InChI is InChI=1S/C36H42FN3O6/c1-25-20-30(45-29-18-16-28(37)17-19-29)24-40(25,35(44)46-36(2,3)4)33(42)23-39(5)22-32(41)31(21-26-12-8-6-9-13-26)38-34(43)27-14-10-7-11-15-27/h6-19,25,30-31H,20-24H2,1-5H3/p+1/t25?,30-,31?,40?/m0/s1. The van der Waals surface area contributed by atoms with Gasteiger partial charge in [-0.3, -0.25) is 14.5 Å². The van der Waals surface area contributed by atoms with Gasteiger partial charge < -0.3 is 14.8 Å². The highest BCUT2D eigenvalue weighted by Crippen LogP contribution is 2.33. The van der Waals surface area contributed by atoms with Crippen LogP contribution in [0.5, 0.6) is 5.75 Å². The number of hydrogen-bond donors (Lipinski definition) is 1. The summed E-state index contributed by atoms with van der Waals surface area (Å²) in [6.07, 6.45) is -0.535. The lowest BCUT2D eigenvalue weighted by Gasteiger charge is -2.35. The average Bonchev–Trinajstić information content (AvgIpc) is 3.34. The van der Waals surface area contributed by atoms with Crippen molar-refractivity contribution in [1.29, 1.82) is 0 Å². The molecular weight excluding hydrogens is 589 g/mol. The Bertz CT molecular complexity index is 1510. The van der Waals surface area contributed by atoms with Gasteiger partial charge >= 0.3 is 12.0 Å². The zero-order valence-electron chi connectivity index (χ0n) is 27.1. The predicted octanol–water partition coefficient (Wildman–Crippen LogP) is 5.19. The number of quaternary nitrogens is 1.